The van der Waals surface area contributed by atoms with Crippen molar-refractivity contribution in [3.8, 4) is 0 Å². The largest absolute Gasteiger partial charge is 0.0591 e. The van der Waals surface area contributed by atoms with Crippen molar-refractivity contribution >= 4 is 0 Å². The molecule has 80 valence electrons. The van der Waals surface area contributed by atoms with Gasteiger partial charge in [-0.1, -0.05) is 39.5 Å². The van der Waals surface area contributed by atoms with Crippen molar-refractivity contribution in [1.82, 2.24) is 0 Å². The molecule has 0 heterocycles. The third-order valence-electron chi connectivity index (χ3n) is 6.36. The number of rotatable bonds is 1. The Hall–Kier alpha value is 0. The van der Waals surface area contributed by atoms with E-state index in [0.717, 1.165) is 22.7 Å². The summed E-state index contributed by atoms with van der Waals surface area (Å²) in [6.45, 7) is 5.18. The van der Waals surface area contributed by atoms with Gasteiger partial charge < -0.3 is 0 Å². The Balaban J connectivity index is 1.83. The number of hydrogen-bond donors (Lipinski definition) is 0. The van der Waals surface area contributed by atoms with E-state index >= 15 is 0 Å². The third-order valence-corrected chi connectivity index (χ3v) is 6.36. The smallest absolute Gasteiger partial charge is 0.0241 e. The van der Waals surface area contributed by atoms with Gasteiger partial charge in [0, 0.05) is 0 Å². The van der Waals surface area contributed by atoms with Crippen LogP contribution < -0.4 is 0 Å². The molecule has 3 atom stereocenters. The first-order valence-electron chi connectivity index (χ1n) is 6.66. The average Bonchev–Trinajstić information content (AvgIpc) is 2.08. The molecule has 0 saturated heterocycles. The van der Waals surface area contributed by atoms with Crippen LogP contribution in [0.15, 0.2) is 0 Å². The Morgan fingerprint density at radius 1 is 0.857 bits per heavy atom. The lowest BCUT2D eigenvalue weighted by Crippen LogP contribution is -2.56. The van der Waals surface area contributed by atoms with Gasteiger partial charge in [-0.25, -0.2) is 0 Å². The topological polar surface area (TPSA) is 0 Å². The summed E-state index contributed by atoms with van der Waals surface area (Å²) >= 11 is 0. The van der Waals surface area contributed by atoms with Gasteiger partial charge in [0.1, 0.15) is 0 Å². The second-order valence-corrected chi connectivity index (χ2v) is 6.67. The third kappa shape index (κ3) is 0.955. The molecule has 0 bridgehead atoms. The molecule has 3 aliphatic carbocycles. The van der Waals surface area contributed by atoms with Crippen LogP contribution >= 0.6 is 0 Å². The summed E-state index contributed by atoms with van der Waals surface area (Å²) in [5, 5.41) is 0. The van der Waals surface area contributed by atoms with E-state index in [4.69, 9.17) is 0 Å². The Labute approximate surface area is 88.5 Å². The molecule has 0 N–H and O–H groups in total. The van der Waals surface area contributed by atoms with E-state index in [9.17, 15) is 0 Å². The molecule has 3 fully saturated rings. The molecule has 0 spiro atoms. The van der Waals surface area contributed by atoms with Crippen LogP contribution in [0.1, 0.15) is 65.2 Å². The van der Waals surface area contributed by atoms with E-state index in [2.05, 4.69) is 13.8 Å². The van der Waals surface area contributed by atoms with Crippen LogP contribution in [0.4, 0.5) is 0 Å². The highest BCUT2D eigenvalue weighted by molar-refractivity contribution is 5.09. The Bertz CT molecular complexity index is 240. The van der Waals surface area contributed by atoms with Crippen molar-refractivity contribution in [2.24, 2.45) is 22.7 Å². The molecular formula is C14H24. The second kappa shape index (κ2) is 2.77. The molecule has 0 aromatic rings. The highest BCUT2D eigenvalue weighted by Gasteiger charge is 2.59. The van der Waals surface area contributed by atoms with Gasteiger partial charge in [0.05, 0.1) is 0 Å². The summed E-state index contributed by atoms with van der Waals surface area (Å²) in [5.74, 6) is 2.23. The van der Waals surface area contributed by atoms with Crippen LogP contribution in [-0.2, 0) is 0 Å². The van der Waals surface area contributed by atoms with Gasteiger partial charge in [0.15, 0.2) is 0 Å². The fraction of sp³-hybridized carbons (Fsp3) is 1.00. The van der Waals surface area contributed by atoms with E-state index in [1.807, 2.05) is 0 Å². The minimum atomic E-state index is 0.742. The lowest BCUT2D eigenvalue weighted by Gasteiger charge is -2.65. The Morgan fingerprint density at radius 3 is 2.14 bits per heavy atom. The second-order valence-electron chi connectivity index (χ2n) is 6.67. The van der Waals surface area contributed by atoms with Gasteiger partial charge >= 0.3 is 0 Å². The first-order chi connectivity index (χ1) is 6.66. The Morgan fingerprint density at radius 2 is 1.64 bits per heavy atom. The molecule has 2 unspecified atom stereocenters. The molecule has 0 heteroatoms. The quantitative estimate of drug-likeness (QED) is 0.578. The average molecular weight is 192 g/mol. The fourth-order valence-electron chi connectivity index (χ4n) is 4.62. The van der Waals surface area contributed by atoms with Crippen LogP contribution in [-0.4, -0.2) is 0 Å². The van der Waals surface area contributed by atoms with Crippen molar-refractivity contribution in [3.05, 3.63) is 0 Å². The molecule has 0 nitrogen and oxygen atoms in total. The van der Waals surface area contributed by atoms with Crippen molar-refractivity contribution in [2.75, 3.05) is 0 Å². The van der Waals surface area contributed by atoms with Crippen LogP contribution in [0.25, 0.3) is 0 Å². The standard InChI is InChI=1S/C14H24/c1-13-8-4-7-12(11-5-3-6-11)14(13,2)10-9-13/h11-12H,3-10H2,1-2H3/t12-,13?,14?/m1/s1. The van der Waals surface area contributed by atoms with Crippen LogP contribution in [0.2, 0.25) is 0 Å². The summed E-state index contributed by atoms with van der Waals surface area (Å²) < 4.78 is 0. The summed E-state index contributed by atoms with van der Waals surface area (Å²) in [6, 6.07) is 0. The van der Waals surface area contributed by atoms with Gasteiger partial charge in [0.2, 0.25) is 0 Å². The lowest BCUT2D eigenvalue weighted by atomic mass is 9.39. The van der Waals surface area contributed by atoms with Gasteiger partial charge in [-0.15, -0.1) is 0 Å². The molecule has 0 amide bonds. The summed E-state index contributed by atoms with van der Waals surface area (Å²) in [5.41, 5.74) is 1.49. The number of fused-ring (bicyclic) bond motifs is 1. The predicted octanol–water partition coefficient (Wildman–Crippen LogP) is 4.39. The van der Waals surface area contributed by atoms with Gasteiger partial charge in [-0.2, -0.15) is 0 Å². The zero-order valence-electron chi connectivity index (χ0n) is 9.81. The molecule has 0 aromatic carbocycles. The zero-order chi connectivity index (χ0) is 9.81. The highest BCUT2D eigenvalue weighted by atomic mass is 14.6. The van der Waals surface area contributed by atoms with E-state index < -0.39 is 0 Å². The van der Waals surface area contributed by atoms with E-state index in [-0.39, 0.29) is 0 Å². The Kier molecular flexibility index (Phi) is 1.83. The lowest BCUT2D eigenvalue weighted by molar-refractivity contribution is -0.158. The summed E-state index contributed by atoms with van der Waals surface area (Å²) in [6.07, 6.45) is 12.3. The SMILES string of the molecule is CC12CCC[C@H](C3CCC3)C1(C)CC2. The van der Waals surface area contributed by atoms with Crippen molar-refractivity contribution < 1.29 is 0 Å². The first kappa shape index (κ1) is 9.24. The highest BCUT2D eigenvalue weighted by Crippen LogP contribution is 2.69. The van der Waals surface area contributed by atoms with Gasteiger partial charge in [-0.3, -0.25) is 0 Å². The van der Waals surface area contributed by atoms with E-state index in [0.29, 0.717) is 0 Å². The normalized spacial score (nSPS) is 53.1. The molecular weight excluding hydrogens is 168 g/mol. The van der Waals surface area contributed by atoms with Gasteiger partial charge in [0.25, 0.3) is 0 Å². The molecule has 3 saturated carbocycles. The number of hydrogen-bond acceptors (Lipinski definition) is 0. The molecule has 0 aromatic heterocycles. The van der Waals surface area contributed by atoms with Crippen LogP contribution in [0.5, 0.6) is 0 Å². The van der Waals surface area contributed by atoms with Crippen molar-refractivity contribution in [2.45, 2.75) is 65.2 Å². The van der Waals surface area contributed by atoms with E-state index in [1.165, 1.54) is 32.1 Å². The monoisotopic (exact) mass is 192 g/mol. The maximum absolute atomic E-state index is 2.61. The molecule has 0 aliphatic heterocycles. The molecule has 3 rings (SSSR count). The van der Waals surface area contributed by atoms with Crippen molar-refractivity contribution in [1.29, 1.82) is 0 Å². The molecule has 14 heavy (non-hydrogen) atoms. The fourth-order valence-corrected chi connectivity index (χ4v) is 4.62. The van der Waals surface area contributed by atoms with Gasteiger partial charge in [-0.05, 0) is 48.3 Å². The minimum absolute atomic E-state index is 0.742. The first-order valence-corrected chi connectivity index (χ1v) is 6.66. The molecule has 0 radical (unpaired) electrons. The predicted molar refractivity (Wildman–Crippen MR) is 60.1 cm³/mol. The molecule has 3 aliphatic rings. The summed E-state index contributed by atoms with van der Waals surface area (Å²) in [4.78, 5) is 0. The van der Waals surface area contributed by atoms with Crippen LogP contribution in [0.3, 0.4) is 0 Å². The minimum Gasteiger partial charge on any atom is -0.0591 e. The maximum Gasteiger partial charge on any atom is -0.0241 e. The maximum atomic E-state index is 2.61. The zero-order valence-corrected chi connectivity index (χ0v) is 9.81. The summed E-state index contributed by atoms with van der Waals surface area (Å²) in [7, 11) is 0. The van der Waals surface area contributed by atoms with Crippen LogP contribution in [0, 0.1) is 22.7 Å². The van der Waals surface area contributed by atoms with E-state index in [1.54, 1.807) is 19.3 Å². The van der Waals surface area contributed by atoms with Crippen molar-refractivity contribution in [3.63, 3.8) is 0 Å².